The maximum Gasteiger partial charge on any atom is 0.311 e. The molecule has 1 unspecified atom stereocenters. The van der Waals surface area contributed by atoms with Gasteiger partial charge in [0.1, 0.15) is 0 Å². The topological polar surface area (TPSA) is 55.1 Å². The van der Waals surface area contributed by atoms with E-state index in [9.17, 15) is 4.79 Å². The molecule has 0 spiro atoms. The van der Waals surface area contributed by atoms with Crippen LogP contribution in [-0.4, -0.2) is 20.9 Å². The van der Waals surface area contributed by atoms with Gasteiger partial charge in [-0.25, -0.2) is 0 Å². The number of hydrogen-bond donors (Lipinski definition) is 1. The fourth-order valence-electron chi connectivity index (χ4n) is 1.70. The molecule has 0 saturated heterocycles. The molecular formula is C11H18N2O2. The lowest BCUT2D eigenvalue weighted by Gasteiger charge is -2.13. The summed E-state index contributed by atoms with van der Waals surface area (Å²) in [6, 6.07) is 0. The second-order valence-electron chi connectivity index (χ2n) is 4.10. The van der Waals surface area contributed by atoms with E-state index in [1.54, 1.807) is 10.9 Å². The average Bonchev–Trinajstić information content (AvgIpc) is 2.52. The Morgan fingerprint density at radius 1 is 1.60 bits per heavy atom. The number of hydrogen-bond acceptors (Lipinski definition) is 2. The first kappa shape index (κ1) is 11.8. The van der Waals surface area contributed by atoms with Crippen molar-refractivity contribution in [2.45, 2.75) is 39.7 Å². The lowest BCUT2D eigenvalue weighted by Crippen LogP contribution is -2.16. The number of rotatable bonds is 5. The summed E-state index contributed by atoms with van der Waals surface area (Å²) < 4.78 is 1.80. The highest BCUT2D eigenvalue weighted by Gasteiger charge is 2.24. The first-order chi connectivity index (χ1) is 7.06. The molecule has 1 atom stereocenters. The van der Waals surface area contributed by atoms with Gasteiger partial charge in [0.05, 0.1) is 12.1 Å². The second kappa shape index (κ2) is 4.96. The quantitative estimate of drug-likeness (QED) is 0.809. The molecule has 0 aliphatic carbocycles. The van der Waals surface area contributed by atoms with E-state index >= 15 is 0 Å². The van der Waals surface area contributed by atoms with Crippen LogP contribution in [0, 0.1) is 5.92 Å². The van der Waals surface area contributed by atoms with Crippen molar-refractivity contribution in [2.24, 2.45) is 5.92 Å². The zero-order chi connectivity index (χ0) is 11.4. The van der Waals surface area contributed by atoms with E-state index < -0.39 is 11.9 Å². The fraction of sp³-hybridized carbons (Fsp3) is 0.636. The molecule has 0 fully saturated rings. The van der Waals surface area contributed by atoms with Crippen molar-refractivity contribution < 1.29 is 9.90 Å². The van der Waals surface area contributed by atoms with Crippen LogP contribution in [0.3, 0.4) is 0 Å². The zero-order valence-corrected chi connectivity index (χ0v) is 9.47. The third-order valence-corrected chi connectivity index (χ3v) is 2.40. The van der Waals surface area contributed by atoms with Crippen LogP contribution >= 0.6 is 0 Å². The Hall–Kier alpha value is -1.32. The summed E-state index contributed by atoms with van der Waals surface area (Å²) in [6.45, 7) is 6.73. The average molecular weight is 210 g/mol. The minimum Gasteiger partial charge on any atom is -0.481 e. The molecule has 1 N–H and O–H groups in total. The van der Waals surface area contributed by atoms with Crippen LogP contribution in [0.15, 0.2) is 12.4 Å². The van der Waals surface area contributed by atoms with Gasteiger partial charge in [-0.05, 0) is 12.3 Å². The van der Waals surface area contributed by atoms with E-state index in [1.165, 1.54) is 0 Å². The van der Waals surface area contributed by atoms with Gasteiger partial charge in [0.25, 0.3) is 0 Å². The van der Waals surface area contributed by atoms with Crippen LogP contribution in [0.1, 0.15) is 38.7 Å². The van der Waals surface area contributed by atoms with E-state index in [0.717, 1.165) is 18.5 Å². The fourth-order valence-corrected chi connectivity index (χ4v) is 1.70. The molecule has 4 nitrogen and oxygen atoms in total. The van der Waals surface area contributed by atoms with Crippen molar-refractivity contribution in [3.8, 4) is 0 Å². The van der Waals surface area contributed by atoms with Crippen LogP contribution in [0.5, 0.6) is 0 Å². The van der Waals surface area contributed by atoms with Crippen molar-refractivity contribution in [3.63, 3.8) is 0 Å². The molecular weight excluding hydrogens is 192 g/mol. The Morgan fingerprint density at radius 3 is 2.73 bits per heavy atom. The summed E-state index contributed by atoms with van der Waals surface area (Å²) in [5.41, 5.74) is 0.797. The molecule has 0 aliphatic rings. The predicted octanol–water partition coefficient (Wildman–Crippen LogP) is 2.12. The largest absolute Gasteiger partial charge is 0.481 e. The van der Waals surface area contributed by atoms with Crippen LogP contribution in [0.4, 0.5) is 0 Å². The van der Waals surface area contributed by atoms with Gasteiger partial charge in [-0.1, -0.05) is 20.8 Å². The smallest absolute Gasteiger partial charge is 0.311 e. The van der Waals surface area contributed by atoms with Gasteiger partial charge in [-0.2, -0.15) is 5.10 Å². The van der Waals surface area contributed by atoms with E-state index in [2.05, 4.69) is 12.0 Å². The van der Waals surface area contributed by atoms with Gasteiger partial charge in [-0.3, -0.25) is 9.48 Å². The first-order valence-electron chi connectivity index (χ1n) is 5.31. The van der Waals surface area contributed by atoms with Crippen molar-refractivity contribution in [1.82, 2.24) is 9.78 Å². The van der Waals surface area contributed by atoms with E-state index in [4.69, 9.17) is 5.11 Å². The number of aromatic nitrogens is 2. The van der Waals surface area contributed by atoms with Gasteiger partial charge in [-0.15, -0.1) is 0 Å². The van der Waals surface area contributed by atoms with Crippen molar-refractivity contribution >= 4 is 5.97 Å². The van der Waals surface area contributed by atoms with E-state index in [-0.39, 0.29) is 5.92 Å². The zero-order valence-electron chi connectivity index (χ0n) is 9.47. The molecule has 1 aromatic rings. The Bertz CT molecular complexity index is 331. The molecule has 1 rings (SSSR count). The summed E-state index contributed by atoms with van der Waals surface area (Å²) in [5, 5.41) is 13.2. The molecule has 84 valence electrons. The monoisotopic (exact) mass is 210 g/mol. The van der Waals surface area contributed by atoms with Crippen LogP contribution < -0.4 is 0 Å². The highest BCUT2D eigenvalue weighted by Crippen LogP contribution is 2.24. The van der Waals surface area contributed by atoms with E-state index in [1.807, 2.05) is 20.0 Å². The highest BCUT2D eigenvalue weighted by atomic mass is 16.4. The number of carboxylic acid groups (broad SMARTS) is 1. The summed E-state index contributed by atoms with van der Waals surface area (Å²) in [6.07, 6.45) is 4.50. The van der Waals surface area contributed by atoms with Gasteiger partial charge in [0, 0.05) is 18.3 Å². The SMILES string of the molecule is CCCn1cc(C(C(=O)O)C(C)C)cn1. The van der Waals surface area contributed by atoms with E-state index in [0.29, 0.717) is 0 Å². The maximum absolute atomic E-state index is 11.1. The van der Waals surface area contributed by atoms with Crippen LogP contribution in [0.25, 0.3) is 0 Å². The third-order valence-electron chi connectivity index (χ3n) is 2.40. The first-order valence-corrected chi connectivity index (χ1v) is 5.31. The summed E-state index contributed by atoms with van der Waals surface area (Å²) in [4.78, 5) is 11.1. The highest BCUT2D eigenvalue weighted by molar-refractivity contribution is 5.76. The third kappa shape index (κ3) is 2.81. The van der Waals surface area contributed by atoms with Crippen LogP contribution in [0.2, 0.25) is 0 Å². The minimum absolute atomic E-state index is 0.0850. The molecule has 0 radical (unpaired) electrons. The number of nitrogens with zero attached hydrogens (tertiary/aromatic N) is 2. The van der Waals surface area contributed by atoms with Gasteiger partial charge >= 0.3 is 5.97 Å². The lowest BCUT2D eigenvalue weighted by atomic mass is 9.91. The second-order valence-corrected chi connectivity index (χ2v) is 4.10. The van der Waals surface area contributed by atoms with Crippen molar-refractivity contribution in [1.29, 1.82) is 0 Å². The molecule has 0 bridgehead atoms. The summed E-state index contributed by atoms with van der Waals surface area (Å²) >= 11 is 0. The predicted molar refractivity (Wildman–Crippen MR) is 57.7 cm³/mol. The summed E-state index contributed by atoms with van der Waals surface area (Å²) in [7, 11) is 0. The molecule has 4 heteroatoms. The standard InChI is InChI=1S/C11H18N2O2/c1-4-5-13-7-9(6-12-13)10(8(2)3)11(14)15/h6-8,10H,4-5H2,1-3H3,(H,14,15). The normalized spacial score (nSPS) is 13.1. The molecule has 15 heavy (non-hydrogen) atoms. The van der Waals surface area contributed by atoms with Gasteiger partial charge < -0.3 is 5.11 Å². The number of aryl methyl sites for hydroxylation is 1. The van der Waals surface area contributed by atoms with Gasteiger partial charge in [0.15, 0.2) is 0 Å². The molecule has 0 aliphatic heterocycles. The maximum atomic E-state index is 11.1. The molecule has 1 heterocycles. The van der Waals surface area contributed by atoms with Gasteiger partial charge in [0.2, 0.25) is 0 Å². The summed E-state index contributed by atoms with van der Waals surface area (Å²) in [5.74, 6) is -1.14. The molecule has 1 aromatic heterocycles. The number of carbonyl (C=O) groups is 1. The minimum atomic E-state index is -0.777. The van der Waals surface area contributed by atoms with Crippen LogP contribution in [-0.2, 0) is 11.3 Å². The Kier molecular flexibility index (Phi) is 3.88. The lowest BCUT2D eigenvalue weighted by molar-refractivity contribution is -0.139. The number of carboxylic acids is 1. The molecule has 0 amide bonds. The molecule has 0 saturated carbocycles. The molecule has 0 aromatic carbocycles. The Morgan fingerprint density at radius 2 is 2.27 bits per heavy atom. The Balaban J connectivity index is 2.87. The van der Waals surface area contributed by atoms with Crippen molar-refractivity contribution in [2.75, 3.05) is 0 Å². The van der Waals surface area contributed by atoms with Crippen molar-refractivity contribution in [3.05, 3.63) is 18.0 Å². The Labute approximate surface area is 89.9 Å². The number of aliphatic carboxylic acids is 1.